The summed E-state index contributed by atoms with van der Waals surface area (Å²) in [6.45, 7) is 0. The molecule has 0 aliphatic heterocycles. The number of alkyl halides is 1. The third-order valence-electron chi connectivity index (χ3n) is 2.46. The van der Waals surface area contributed by atoms with Gasteiger partial charge in [0.1, 0.15) is 5.82 Å². The van der Waals surface area contributed by atoms with Gasteiger partial charge in [0.15, 0.2) is 0 Å². The Morgan fingerprint density at radius 3 is 2.59 bits per heavy atom. The fraction of sp³-hybridized carbons (Fsp3) is 0.154. The van der Waals surface area contributed by atoms with E-state index >= 15 is 0 Å². The first-order valence-electron chi connectivity index (χ1n) is 5.15. The van der Waals surface area contributed by atoms with E-state index in [1.807, 2.05) is 18.2 Å². The highest BCUT2D eigenvalue weighted by Gasteiger charge is 2.12. The number of pyridine rings is 1. The van der Waals surface area contributed by atoms with Gasteiger partial charge >= 0.3 is 0 Å². The number of benzene rings is 1. The van der Waals surface area contributed by atoms with Crippen molar-refractivity contribution in [3.05, 3.63) is 63.2 Å². The summed E-state index contributed by atoms with van der Waals surface area (Å²) in [5, 5.41) is 0. The number of rotatable bonds is 3. The molecule has 0 fully saturated rings. The lowest BCUT2D eigenvalue weighted by atomic mass is 10.1. The summed E-state index contributed by atoms with van der Waals surface area (Å²) in [7, 11) is 0. The average molecular weight is 406 g/mol. The first kappa shape index (κ1) is 13.0. The Hall–Kier alpha value is -0.490. The monoisotopic (exact) mass is 405 g/mol. The van der Waals surface area contributed by atoms with Gasteiger partial charge in [-0.1, -0.05) is 22.0 Å². The number of nitrogens with zero attached hydrogens (tertiary/aromatic N) is 1. The van der Waals surface area contributed by atoms with Crippen LogP contribution >= 0.6 is 38.5 Å². The van der Waals surface area contributed by atoms with Crippen molar-refractivity contribution in [3.8, 4) is 0 Å². The molecule has 0 saturated heterocycles. The molecule has 1 unspecified atom stereocenters. The van der Waals surface area contributed by atoms with Gasteiger partial charge < -0.3 is 0 Å². The van der Waals surface area contributed by atoms with Gasteiger partial charge in [0.25, 0.3) is 0 Å². The highest BCUT2D eigenvalue weighted by atomic mass is 127. The third kappa shape index (κ3) is 3.48. The van der Waals surface area contributed by atoms with Gasteiger partial charge in [-0.05, 0) is 64.4 Å². The van der Waals surface area contributed by atoms with E-state index in [0.29, 0.717) is 0 Å². The molecule has 1 atom stereocenters. The molecule has 2 aromatic rings. The molecule has 1 aromatic heterocycles. The van der Waals surface area contributed by atoms with Crippen LogP contribution in [-0.4, -0.2) is 4.98 Å². The maximum atomic E-state index is 13.0. The van der Waals surface area contributed by atoms with Crippen LogP contribution in [-0.2, 0) is 6.42 Å². The van der Waals surface area contributed by atoms with E-state index in [0.717, 1.165) is 15.6 Å². The van der Waals surface area contributed by atoms with Crippen molar-refractivity contribution in [1.82, 2.24) is 4.98 Å². The predicted octanol–water partition coefficient (Wildman–Crippen LogP) is 4.50. The quantitative estimate of drug-likeness (QED) is 0.541. The molecule has 0 radical (unpaired) electrons. The third-order valence-corrected chi connectivity index (χ3v) is 4.22. The van der Waals surface area contributed by atoms with Crippen molar-refractivity contribution in [1.29, 1.82) is 0 Å². The molecule has 88 valence electrons. The molecule has 2 rings (SSSR count). The van der Waals surface area contributed by atoms with Crippen molar-refractivity contribution < 1.29 is 4.39 Å². The lowest BCUT2D eigenvalue weighted by Crippen LogP contribution is -1.98. The second-order valence-corrected chi connectivity index (χ2v) is 5.96. The van der Waals surface area contributed by atoms with Crippen LogP contribution in [0.2, 0.25) is 0 Å². The molecule has 0 N–H and O–H groups in total. The number of aromatic nitrogens is 1. The molecular formula is C13H10BrFIN. The molecule has 1 aromatic carbocycles. The van der Waals surface area contributed by atoms with Crippen LogP contribution in [0.4, 0.5) is 4.39 Å². The van der Waals surface area contributed by atoms with E-state index in [1.54, 1.807) is 18.5 Å². The predicted molar refractivity (Wildman–Crippen MR) is 78.7 cm³/mol. The summed E-state index contributed by atoms with van der Waals surface area (Å²) < 4.78 is 14.0. The van der Waals surface area contributed by atoms with Crippen LogP contribution in [0.5, 0.6) is 0 Å². The molecule has 1 heterocycles. The van der Waals surface area contributed by atoms with Crippen LogP contribution in [0.15, 0.2) is 42.7 Å². The van der Waals surface area contributed by atoms with E-state index < -0.39 is 0 Å². The second-order valence-electron chi connectivity index (χ2n) is 3.69. The van der Waals surface area contributed by atoms with Gasteiger partial charge in [-0.15, -0.1) is 0 Å². The molecule has 0 spiro atoms. The Balaban J connectivity index is 2.17. The zero-order chi connectivity index (χ0) is 12.3. The lowest BCUT2D eigenvalue weighted by molar-refractivity contribution is 0.625. The largest absolute Gasteiger partial charge is 0.265 e. The summed E-state index contributed by atoms with van der Waals surface area (Å²) in [6.07, 6.45) is 4.43. The first-order valence-corrected chi connectivity index (χ1v) is 7.14. The Kier molecular flexibility index (Phi) is 4.50. The minimum absolute atomic E-state index is 0.192. The van der Waals surface area contributed by atoms with Crippen molar-refractivity contribution in [2.24, 2.45) is 0 Å². The lowest BCUT2D eigenvalue weighted by Gasteiger charge is -2.12. The van der Waals surface area contributed by atoms with Gasteiger partial charge in [0, 0.05) is 20.8 Å². The molecular weight excluding hydrogens is 396 g/mol. The summed E-state index contributed by atoms with van der Waals surface area (Å²) in [5.41, 5.74) is 2.32. The fourth-order valence-electron chi connectivity index (χ4n) is 1.59. The number of halogens is 3. The molecule has 1 nitrogen and oxygen atoms in total. The highest BCUT2D eigenvalue weighted by Crippen LogP contribution is 2.30. The van der Waals surface area contributed by atoms with E-state index in [-0.39, 0.29) is 10.6 Å². The van der Waals surface area contributed by atoms with Crippen LogP contribution in [0, 0.1) is 9.39 Å². The summed E-state index contributed by atoms with van der Waals surface area (Å²) >= 11 is 5.81. The first-order chi connectivity index (χ1) is 8.16. The number of hydrogen-bond donors (Lipinski definition) is 0. The molecule has 4 heteroatoms. The minimum Gasteiger partial charge on any atom is -0.265 e. The van der Waals surface area contributed by atoms with Gasteiger partial charge in [-0.25, -0.2) is 4.39 Å². The maximum Gasteiger partial charge on any atom is 0.124 e. The standard InChI is InChI=1S/C13H10BrFIN/c14-12(7-9-3-5-17-6-4-9)11-2-1-10(15)8-13(11)16/h1-6,8,12H,7H2. The topological polar surface area (TPSA) is 12.9 Å². The molecule has 0 amide bonds. The maximum absolute atomic E-state index is 13.0. The number of hydrogen-bond acceptors (Lipinski definition) is 1. The van der Waals surface area contributed by atoms with E-state index in [9.17, 15) is 4.39 Å². The zero-order valence-electron chi connectivity index (χ0n) is 8.91. The molecule has 17 heavy (non-hydrogen) atoms. The van der Waals surface area contributed by atoms with Gasteiger partial charge in [0.05, 0.1) is 0 Å². The SMILES string of the molecule is Fc1ccc(C(Br)Cc2ccncc2)c(I)c1. The molecule has 0 aliphatic carbocycles. The molecule has 0 aliphatic rings. The zero-order valence-corrected chi connectivity index (χ0v) is 12.7. The summed E-state index contributed by atoms with van der Waals surface area (Å²) in [4.78, 5) is 4.18. The van der Waals surface area contributed by atoms with Crippen molar-refractivity contribution in [3.63, 3.8) is 0 Å². The van der Waals surface area contributed by atoms with Gasteiger partial charge in [-0.3, -0.25) is 4.98 Å². The summed E-state index contributed by atoms with van der Waals surface area (Å²) in [6, 6.07) is 8.86. The summed E-state index contributed by atoms with van der Waals surface area (Å²) in [5.74, 6) is -0.193. The van der Waals surface area contributed by atoms with Crippen molar-refractivity contribution in [2.45, 2.75) is 11.2 Å². The highest BCUT2D eigenvalue weighted by molar-refractivity contribution is 14.1. The molecule has 0 bridgehead atoms. The van der Waals surface area contributed by atoms with E-state index in [1.165, 1.54) is 11.6 Å². The van der Waals surface area contributed by atoms with Gasteiger partial charge in [0.2, 0.25) is 0 Å². The van der Waals surface area contributed by atoms with Crippen LogP contribution < -0.4 is 0 Å². The van der Waals surface area contributed by atoms with E-state index in [2.05, 4.69) is 43.5 Å². The average Bonchev–Trinajstić information content (AvgIpc) is 2.30. The Morgan fingerprint density at radius 1 is 1.24 bits per heavy atom. The van der Waals surface area contributed by atoms with Crippen LogP contribution in [0.25, 0.3) is 0 Å². The van der Waals surface area contributed by atoms with Crippen molar-refractivity contribution >= 4 is 38.5 Å². The Bertz CT molecular complexity index is 504. The molecule has 0 saturated carbocycles. The normalized spacial score (nSPS) is 12.4. The Labute approximate surface area is 122 Å². The van der Waals surface area contributed by atoms with Crippen molar-refractivity contribution in [2.75, 3.05) is 0 Å². The Morgan fingerprint density at radius 2 is 1.94 bits per heavy atom. The van der Waals surface area contributed by atoms with Gasteiger partial charge in [-0.2, -0.15) is 0 Å². The fourth-order valence-corrected chi connectivity index (χ4v) is 3.65. The second kappa shape index (κ2) is 5.91. The minimum atomic E-state index is -0.193. The smallest absolute Gasteiger partial charge is 0.124 e. The van der Waals surface area contributed by atoms with Crippen LogP contribution in [0.3, 0.4) is 0 Å². The van der Waals surface area contributed by atoms with Crippen LogP contribution in [0.1, 0.15) is 16.0 Å². The van der Waals surface area contributed by atoms with E-state index in [4.69, 9.17) is 0 Å².